The second-order valence-corrected chi connectivity index (χ2v) is 6.62. The molecule has 0 unspecified atom stereocenters. The van der Waals surface area contributed by atoms with Crippen molar-refractivity contribution in [2.45, 2.75) is 4.90 Å². The number of nitrogens with two attached hydrogens (primary N) is 1. The number of methoxy groups -OCH3 is 2. The molecule has 0 aliphatic carbocycles. The van der Waals surface area contributed by atoms with E-state index in [1.165, 1.54) is 18.2 Å². The van der Waals surface area contributed by atoms with Crippen molar-refractivity contribution in [3.63, 3.8) is 0 Å². The summed E-state index contributed by atoms with van der Waals surface area (Å²) in [5.41, 5.74) is 0. The molecule has 0 saturated heterocycles. The van der Waals surface area contributed by atoms with Crippen LogP contribution in [0.15, 0.2) is 23.1 Å². The minimum atomic E-state index is -3.84. The number of hydrogen-bond acceptors (Lipinski definition) is 8. The quantitative estimate of drug-likeness (QED) is 0.426. The van der Waals surface area contributed by atoms with E-state index in [0.717, 1.165) is 0 Å². The van der Waals surface area contributed by atoms with Crippen LogP contribution in [-0.4, -0.2) is 75.5 Å². The molecule has 0 spiro atoms. The Morgan fingerprint density at radius 1 is 0.769 bits per heavy atom. The molecule has 0 atom stereocenters. The minimum absolute atomic E-state index is 0.0588. The number of rotatable bonds is 15. The third-order valence-corrected chi connectivity index (χ3v) is 3.99. The van der Waals surface area contributed by atoms with Gasteiger partial charge in [-0.05, 0) is 12.1 Å². The van der Waals surface area contributed by atoms with Gasteiger partial charge in [-0.3, -0.25) is 0 Å². The lowest BCUT2D eigenvalue weighted by atomic mass is 10.3. The third kappa shape index (κ3) is 9.32. The third-order valence-electron chi connectivity index (χ3n) is 3.08. The molecule has 2 N–H and O–H groups in total. The predicted molar refractivity (Wildman–Crippen MR) is 94.2 cm³/mol. The predicted octanol–water partition coefficient (Wildman–Crippen LogP) is 0.418. The average Bonchev–Trinajstić information content (AvgIpc) is 2.60. The van der Waals surface area contributed by atoms with Crippen LogP contribution < -0.4 is 14.6 Å². The minimum Gasteiger partial charge on any atom is -0.487 e. The van der Waals surface area contributed by atoms with Crippen LogP contribution in [0.5, 0.6) is 11.5 Å². The van der Waals surface area contributed by atoms with E-state index < -0.39 is 10.0 Å². The molecule has 0 aromatic heterocycles. The van der Waals surface area contributed by atoms with E-state index in [4.69, 9.17) is 33.6 Å². The van der Waals surface area contributed by atoms with Crippen LogP contribution in [0.1, 0.15) is 0 Å². The number of benzene rings is 1. The molecule has 0 fully saturated rings. The largest absolute Gasteiger partial charge is 0.487 e. The van der Waals surface area contributed by atoms with E-state index in [1.54, 1.807) is 14.2 Å². The number of ether oxygens (including phenoxy) is 6. The van der Waals surface area contributed by atoms with Crippen LogP contribution in [0.4, 0.5) is 0 Å². The fourth-order valence-electron chi connectivity index (χ4n) is 1.81. The van der Waals surface area contributed by atoms with Crippen LogP contribution in [0.3, 0.4) is 0 Å². The van der Waals surface area contributed by atoms with Crippen LogP contribution >= 0.6 is 0 Å². The van der Waals surface area contributed by atoms with E-state index >= 15 is 0 Å². The molecule has 0 aliphatic rings. The molecular formula is C16H27NO8S. The van der Waals surface area contributed by atoms with Crippen LogP contribution in [-0.2, 0) is 29.0 Å². The van der Waals surface area contributed by atoms with Crippen molar-refractivity contribution in [3.05, 3.63) is 18.2 Å². The number of hydrogen-bond donors (Lipinski definition) is 1. The van der Waals surface area contributed by atoms with Gasteiger partial charge >= 0.3 is 0 Å². The molecular weight excluding hydrogens is 366 g/mol. The molecule has 0 saturated carbocycles. The topological polar surface area (TPSA) is 116 Å². The Bertz CT molecular complexity index is 608. The summed E-state index contributed by atoms with van der Waals surface area (Å²) in [6, 6.07) is 4.18. The van der Waals surface area contributed by atoms with E-state index in [0.29, 0.717) is 45.4 Å². The summed E-state index contributed by atoms with van der Waals surface area (Å²) in [4.78, 5) is -0.0588. The maximum atomic E-state index is 11.5. The first-order valence-corrected chi connectivity index (χ1v) is 9.59. The monoisotopic (exact) mass is 393 g/mol. The van der Waals surface area contributed by atoms with Crippen molar-refractivity contribution >= 4 is 10.0 Å². The smallest absolute Gasteiger partial charge is 0.238 e. The van der Waals surface area contributed by atoms with Gasteiger partial charge < -0.3 is 28.4 Å². The molecule has 0 heterocycles. The Labute approximate surface area is 154 Å². The molecule has 26 heavy (non-hydrogen) atoms. The van der Waals surface area contributed by atoms with Crippen LogP contribution in [0, 0.1) is 0 Å². The van der Waals surface area contributed by atoms with Crippen molar-refractivity contribution in [2.75, 3.05) is 67.1 Å². The van der Waals surface area contributed by atoms with E-state index in [2.05, 4.69) is 0 Å². The highest BCUT2D eigenvalue weighted by Gasteiger charge is 2.13. The van der Waals surface area contributed by atoms with Gasteiger partial charge in [0.25, 0.3) is 0 Å². The molecule has 150 valence electrons. The lowest BCUT2D eigenvalue weighted by Crippen LogP contribution is -2.15. The first-order valence-electron chi connectivity index (χ1n) is 8.05. The highest BCUT2D eigenvalue weighted by atomic mass is 32.2. The molecule has 10 heteroatoms. The molecule has 0 radical (unpaired) electrons. The molecule has 9 nitrogen and oxygen atoms in total. The summed E-state index contributed by atoms with van der Waals surface area (Å²) in [7, 11) is -0.665. The number of sulfonamides is 1. The zero-order valence-electron chi connectivity index (χ0n) is 15.1. The first-order chi connectivity index (χ1) is 12.5. The maximum Gasteiger partial charge on any atom is 0.238 e. The van der Waals surface area contributed by atoms with Gasteiger partial charge in [-0.1, -0.05) is 0 Å². The van der Waals surface area contributed by atoms with Gasteiger partial charge in [0.1, 0.15) is 13.2 Å². The van der Waals surface area contributed by atoms with Gasteiger partial charge in [-0.2, -0.15) is 0 Å². The molecule has 1 aromatic carbocycles. The Balaban J connectivity index is 2.60. The average molecular weight is 393 g/mol. The van der Waals surface area contributed by atoms with Crippen molar-refractivity contribution < 1.29 is 36.8 Å². The second-order valence-electron chi connectivity index (χ2n) is 5.06. The van der Waals surface area contributed by atoms with Crippen LogP contribution in [0.2, 0.25) is 0 Å². The zero-order valence-corrected chi connectivity index (χ0v) is 16.0. The van der Waals surface area contributed by atoms with Crippen molar-refractivity contribution in [3.8, 4) is 11.5 Å². The molecule has 0 bridgehead atoms. The van der Waals surface area contributed by atoms with Gasteiger partial charge in [0.15, 0.2) is 11.5 Å². The normalized spacial score (nSPS) is 11.5. The first kappa shape index (κ1) is 22.6. The van der Waals surface area contributed by atoms with Gasteiger partial charge in [-0.25, -0.2) is 13.6 Å². The highest BCUT2D eigenvalue weighted by Crippen LogP contribution is 2.29. The van der Waals surface area contributed by atoms with Gasteiger partial charge in [0, 0.05) is 20.3 Å². The maximum absolute atomic E-state index is 11.5. The Morgan fingerprint density at radius 3 is 1.77 bits per heavy atom. The summed E-state index contributed by atoms with van der Waals surface area (Å²) in [5.74, 6) is 0.661. The van der Waals surface area contributed by atoms with E-state index in [-0.39, 0.29) is 23.9 Å². The summed E-state index contributed by atoms with van der Waals surface area (Å²) >= 11 is 0. The molecule has 0 aliphatic heterocycles. The summed E-state index contributed by atoms with van der Waals surface area (Å²) in [6.45, 7) is 3.07. The summed E-state index contributed by atoms with van der Waals surface area (Å²) < 4.78 is 54.6. The Kier molecular flexibility index (Phi) is 11.2. The highest BCUT2D eigenvalue weighted by molar-refractivity contribution is 7.89. The van der Waals surface area contributed by atoms with Crippen molar-refractivity contribution in [1.82, 2.24) is 0 Å². The SMILES string of the molecule is COCCOCCOc1ccc(S(N)(=O)=O)cc1OCCOCCOC. The fraction of sp³-hybridized carbons (Fsp3) is 0.625. The van der Waals surface area contributed by atoms with Gasteiger partial charge in [0.05, 0.1) is 44.5 Å². The van der Waals surface area contributed by atoms with Gasteiger partial charge in [0.2, 0.25) is 10.0 Å². The molecule has 1 rings (SSSR count). The second kappa shape index (κ2) is 12.8. The van der Waals surface area contributed by atoms with Crippen molar-refractivity contribution in [1.29, 1.82) is 0 Å². The summed E-state index contributed by atoms with van der Waals surface area (Å²) in [5, 5.41) is 5.16. The molecule has 1 aromatic rings. The molecule has 0 amide bonds. The van der Waals surface area contributed by atoms with Crippen molar-refractivity contribution in [2.24, 2.45) is 5.14 Å². The van der Waals surface area contributed by atoms with Gasteiger partial charge in [-0.15, -0.1) is 0 Å². The zero-order chi connectivity index (χ0) is 19.3. The standard InChI is InChI=1S/C16H27NO8S/c1-20-5-7-22-9-11-24-15-4-3-14(26(17,18)19)13-16(15)25-12-10-23-8-6-21-2/h3-4,13H,5-12H2,1-2H3,(H2,17,18,19). The van der Waals surface area contributed by atoms with Crippen LogP contribution in [0.25, 0.3) is 0 Å². The Hall–Kier alpha value is -1.43. The summed E-state index contributed by atoms with van der Waals surface area (Å²) in [6.07, 6.45) is 0. The number of primary sulfonamides is 1. The fourth-order valence-corrected chi connectivity index (χ4v) is 2.34. The lowest BCUT2D eigenvalue weighted by Gasteiger charge is -2.14. The Morgan fingerprint density at radius 2 is 1.27 bits per heavy atom. The lowest BCUT2D eigenvalue weighted by molar-refractivity contribution is 0.0498. The van der Waals surface area contributed by atoms with E-state index in [1.807, 2.05) is 0 Å². The van der Waals surface area contributed by atoms with E-state index in [9.17, 15) is 8.42 Å².